The van der Waals surface area contributed by atoms with Crippen molar-refractivity contribution in [3.8, 4) is 5.75 Å². The van der Waals surface area contributed by atoms with Crippen molar-refractivity contribution in [1.29, 1.82) is 0 Å². The predicted octanol–water partition coefficient (Wildman–Crippen LogP) is 3.89. The van der Waals surface area contributed by atoms with Gasteiger partial charge in [-0.25, -0.2) is 13.2 Å². The fourth-order valence-corrected chi connectivity index (χ4v) is 5.36. The number of alkyl carbamates (subject to hydrolysis) is 1. The number of aryl methyl sites for hydroxylation is 1. The van der Waals surface area contributed by atoms with Gasteiger partial charge in [0.15, 0.2) is 0 Å². The molecule has 0 radical (unpaired) electrons. The minimum absolute atomic E-state index is 0.0630. The second-order valence-corrected chi connectivity index (χ2v) is 10.7. The number of fused-ring (bicyclic) bond motifs is 1. The molecule has 0 saturated carbocycles. The van der Waals surface area contributed by atoms with Gasteiger partial charge in [0, 0.05) is 19.1 Å². The minimum Gasteiger partial charge on any atom is -0.444 e. The summed E-state index contributed by atoms with van der Waals surface area (Å²) >= 11 is 0. The number of carbonyl (C=O) groups excluding carboxylic acids is 1. The number of nitrogens with zero attached hydrogens (tertiary/aromatic N) is 1. The van der Waals surface area contributed by atoms with E-state index in [1.54, 1.807) is 32.9 Å². The van der Waals surface area contributed by atoms with Crippen LogP contribution in [-0.2, 0) is 21.2 Å². The number of halogens is 2. The Balaban J connectivity index is 1.63. The molecule has 1 saturated heterocycles. The molecule has 1 amide bonds. The molecule has 2 aliphatic rings. The Bertz CT molecular complexity index is 949. The van der Waals surface area contributed by atoms with Crippen LogP contribution in [0, 0.1) is 0 Å². The maximum Gasteiger partial charge on any atom is 0.407 e. The molecule has 1 N–H and O–H groups in total. The minimum atomic E-state index is -3.64. The maximum atomic E-state index is 13.1. The molecule has 3 rings (SSSR count). The monoisotopic (exact) mass is 458 g/mol. The van der Waals surface area contributed by atoms with Gasteiger partial charge in [0.2, 0.25) is 10.0 Å². The van der Waals surface area contributed by atoms with Crippen LogP contribution in [-0.4, -0.2) is 50.2 Å². The van der Waals surface area contributed by atoms with Crippen molar-refractivity contribution in [2.75, 3.05) is 13.1 Å². The zero-order valence-electron chi connectivity index (χ0n) is 17.9. The Morgan fingerprint density at radius 1 is 1.19 bits per heavy atom. The highest BCUT2D eigenvalue weighted by atomic mass is 32.2. The fraction of sp³-hybridized carbons (Fsp3) is 0.571. The first-order chi connectivity index (χ1) is 14.4. The van der Waals surface area contributed by atoms with E-state index in [1.165, 1.54) is 16.4 Å². The van der Waals surface area contributed by atoms with E-state index in [-0.39, 0.29) is 11.8 Å². The van der Waals surface area contributed by atoms with Crippen LogP contribution < -0.4 is 10.1 Å². The Hall–Kier alpha value is -2.20. The first-order valence-corrected chi connectivity index (χ1v) is 11.7. The maximum absolute atomic E-state index is 13.1. The lowest BCUT2D eigenvalue weighted by Crippen LogP contribution is -2.47. The van der Waals surface area contributed by atoms with Gasteiger partial charge >= 0.3 is 12.7 Å². The molecule has 0 atom stereocenters. The van der Waals surface area contributed by atoms with E-state index in [1.807, 2.05) is 0 Å². The number of sulfonamides is 1. The fourth-order valence-electron chi connectivity index (χ4n) is 3.70. The zero-order chi connectivity index (χ0) is 22.8. The molecule has 1 aliphatic heterocycles. The van der Waals surface area contributed by atoms with Crippen LogP contribution in [0.4, 0.5) is 13.6 Å². The van der Waals surface area contributed by atoms with Gasteiger partial charge in [0.05, 0.1) is 4.91 Å². The molecule has 1 aromatic carbocycles. The lowest BCUT2D eigenvalue weighted by Gasteiger charge is -2.33. The third-order valence-electron chi connectivity index (χ3n) is 5.14. The highest BCUT2D eigenvalue weighted by molar-refractivity contribution is 7.93. The number of rotatable bonds is 5. The molecular formula is C21H28F2N2O5S. The van der Waals surface area contributed by atoms with E-state index in [9.17, 15) is 22.0 Å². The van der Waals surface area contributed by atoms with Crippen molar-refractivity contribution in [1.82, 2.24) is 9.62 Å². The van der Waals surface area contributed by atoms with Gasteiger partial charge in [-0.05, 0) is 75.8 Å². The third kappa shape index (κ3) is 6.16. The molecule has 0 bridgehead atoms. The van der Waals surface area contributed by atoms with Crippen molar-refractivity contribution in [2.24, 2.45) is 0 Å². The Morgan fingerprint density at radius 2 is 1.87 bits per heavy atom. The molecule has 172 valence electrons. The number of hydrogen-bond acceptors (Lipinski definition) is 5. The highest BCUT2D eigenvalue weighted by Crippen LogP contribution is 2.32. The summed E-state index contributed by atoms with van der Waals surface area (Å²) in [6.07, 6.45) is 2.82. The Morgan fingerprint density at radius 3 is 2.48 bits per heavy atom. The summed E-state index contributed by atoms with van der Waals surface area (Å²) in [5, 5.41) is 2.80. The molecule has 0 spiro atoms. The standard InChI is InChI=1S/C21H28F2N2O5S/c1-21(2,3)30-20(26)24-16-8-10-25(11-9-16)31(27,28)18-7-5-14-12-17(29-19(22)23)6-4-15(14)13-18/h4,6,12-13,16,19H,5,7-11H2,1-3H3,(H,24,26). The van der Waals surface area contributed by atoms with E-state index in [4.69, 9.17) is 4.74 Å². The van der Waals surface area contributed by atoms with E-state index in [0.717, 1.165) is 5.56 Å². The molecule has 1 aliphatic carbocycles. The first kappa shape index (κ1) is 23.5. The van der Waals surface area contributed by atoms with Crippen LogP contribution in [0.15, 0.2) is 23.1 Å². The number of ether oxygens (including phenoxy) is 2. The second kappa shape index (κ2) is 9.12. The van der Waals surface area contributed by atoms with Gasteiger partial charge in [-0.1, -0.05) is 6.07 Å². The van der Waals surface area contributed by atoms with Crippen LogP contribution in [0.25, 0.3) is 6.08 Å². The molecule has 10 heteroatoms. The highest BCUT2D eigenvalue weighted by Gasteiger charge is 2.33. The van der Waals surface area contributed by atoms with Gasteiger partial charge in [-0.15, -0.1) is 0 Å². The second-order valence-electron chi connectivity index (χ2n) is 8.67. The molecule has 1 aromatic rings. The summed E-state index contributed by atoms with van der Waals surface area (Å²) in [7, 11) is -3.64. The molecule has 0 aromatic heterocycles. The van der Waals surface area contributed by atoms with E-state index in [2.05, 4.69) is 10.1 Å². The smallest absolute Gasteiger partial charge is 0.407 e. The summed E-state index contributed by atoms with van der Waals surface area (Å²) in [5.74, 6) is 0.0630. The van der Waals surface area contributed by atoms with Crippen LogP contribution in [0.5, 0.6) is 5.75 Å². The van der Waals surface area contributed by atoms with E-state index in [0.29, 0.717) is 49.2 Å². The van der Waals surface area contributed by atoms with Crippen LogP contribution in [0.1, 0.15) is 51.2 Å². The molecular weight excluding hydrogens is 430 g/mol. The Labute approximate surface area is 181 Å². The van der Waals surface area contributed by atoms with Crippen molar-refractivity contribution in [2.45, 2.75) is 64.7 Å². The van der Waals surface area contributed by atoms with Crippen LogP contribution >= 0.6 is 0 Å². The number of piperidine rings is 1. The van der Waals surface area contributed by atoms with Gasteiger partial charge in [-0.2, -0.15) is 13.1 Å². The van der Waals surface area contributed by atoms with Gasteiger partial charge in [0.25, 0.3) is 0 Å². The lowest BCUT2D eigenvalue weighted by molar-refractivity contribution is -0.0498. The van der Waals surface area contributed by atoms with Crippen molar-refractivity contribution < 1.29 is 31.5 Å². The third-order valence-corrected chi connectivity index (χ3v) is 7.17. The summed E-state index contributed by atoms with van der Waals surface area (Å²) in [5.41, 5.74) is 0.870. The van der Waals surface area contributed by atoms with Gasteiger partial charge in [0.1, 0.15) is 11.4 Å². The summed E-state index contributed by atoms with van der Waals surface area (Å²) in [4.78, 5) is 12.2. The van der Waals surface area contributed by atoms with E-state index < -0.39 is 28.3 Å². The van der Waals surface area contributed by atoms with Crippen molar-refractivity contribution in [3.63, 3.8) is 0 Å². The predicted molar refractivity (Wildman–Crippen MR) is 112 cm³/mol. The molecule has 1 fully saturated rings. The SMILES string of the molecule is CC(C)(C)OC(=O)NC1CCN(S(=O)(=O)C2=Cc3ccc(OC(F)F)cc3CC2)CC1. The van der Waals surface area contributed by atoms with Crippen LogP contribution in [0.3, 0.4) is 0 Å². The number of alkyl halides is 2. The van der Waals surface area contributed by atoms with E-state index >= 15 is 0 Å². The number of hydrogen-bond donors (Lipinski definition) is 1. The number of benzene rings is 1. The summed E-state index contributed by atoms with van der Waals surface area (Å²) in [6.45, 7) is 3.04. The van der Waals surface area contributed by atoms with Crippen LogP contribution in [0.2, 0.25) is 0 Å². The molecule has 1 heterocycles. The normalized spacial score (nSPS) is 18.3. The topological polar surface area (TPSA) is 84.9 Å². The Kier molecular flexibility index (Phi) is 6.90. The average molecular weight is 459 g/mol. The van der Waals surface area contributed by atoms with Crippen molar-refractivity contribution >= 4 is 22.2 Å². The largest absolute Gasteiger partial charge is 0.444 e. The lowest BCUT2D eigenvalue weighted by atomic mass is 9.97. The number of amides is 1. The zero-order valence-corrected chi connectivity index (χ0v) is 18.7. The van der Waals surface area contributed by atoms with Crippen molar-refractivity contribution in [3.05, 3.63) is 34.2 Å². The van der Waals surface area contributed by atoms with Gasteiger partial charge < -0.3 is 14.8 Å². The summed E-state index contributed by atoms with van der Waals surface area (Å²) < 4.78 is 62.1. The summed E-state index contributed by atoms with van der Waals surface area (Å²) in [6, 6.07) is 4.38. The average Bonchev–Trinajstić information content (AvgIpc) is 2.66. The number of nitrogens with one attached hydrogen (secondary N) is 1. The van der Waals surface area contributed by atoms with Gasteiger partial charge in [-0.3, -0.25) is 0 Å². The first-order valence-electron chi connectivity index (χ1n) is 10.2. The molecule has 0 unspecified atom stereocenters. The number of carbonyl (C=O) groups is 1. The number of allylic oxidation sites excluding steroid dienone is 1. The molecule has 7 nitrogen and oxygen atoms in total. The molecule has 31 heavy (non-hydrogen) atoms. The quantitative estimate of drug-likeness (QED) is 0.724.